The van der Waals surface area contributed by atoms with Gasteiger partial charge in [-0.2, -0.15) is 0 Å². The Morgan fingerprint density at radius 3 is 2.77 bits per heavy atom. The van der Waals surface area contributed by atoms with Crippen molar-refractivity contribution in [2.75, 3.05) is 0 Å². The van der Waals surface area contributed by atoms with Gasteiger partial charge in [-0.05, 0) is 31.5 Å². The minimum absolute atomic E-state index is 0.0886. The van der Waals surface area contributed by atoms with Gasteiger partial charge in [0.25, 0.3) is 0 Å². The summed E-state index contributed by atoms with van der Waals surface area (Å²) < 4.78 is 0. The molecule has 2 nitrogen and oxygen atoms in total. The smallest absolute Gasteiger partial charge is 0.193 e. The summed E-state index contributed by atoms with van der Waals surface area (Å²) >= 11 is 0. The normalized spacial score (nSPS) is 9.31. The number of rotatable bonds is 2. The number of ketones is 1. The van der Waals surface area contributed by atoms with Crippen LogP contribution >= 0.6 is 0 Å². The second-order valence-electron chi connectivity index (χ2n) is 2.98. The Balaban J connectivity index is 3.02. The van der Waals surface area contributed by atoms with Crippen molar-refractivity contribution in [3.05, 3.63) is 29.1 Å². The molecule has 0 spiro atoms. The van der Waals surface area contributed by atoms with Crippen LogP contribution in [0.1, 0.15) is 28.2 Å². The molecule has 0 N–H and O–H groups in total. The third-order valence-electron chi connectivity index (χ3n) is 1.65. The van der Waals surface area contributed by atoms with Crippen molar-refractivity contribution in [1.82, 2.24) is 4.98 Å². The summed E-state index contributed by atoms with van der Waals surface area (Å²) in [5.74, 6) is 2.23. The summed E-state index contributed by atoms with van der Waals surface area (Å²) in [5.41, 5.74) is 2.35. The fraction of sp³-hybridized carbons (Fsp3) is 0.273. The summed E-state index contributed by atoms with van der Waals surface area (Å²) in [6, 6.07) is 3.68. The van der Waals surface area contributed by atoms with Gasteiger partial charge < -0.3 is 0 Å². The van der Waals surface area contributed by atoms with Crippen LogP contribution in [-0.4, -0.2) is 10.8 Å². The molecule has 0 fully saturated rings. The monoisotopic (exact) mass is 173 g/mol. The molecule has 0 aliphatic heterocycles. The Morgan fingerprint density at radius 2 is 2.23 bits per heavy atom. The number of terminal acetylenes is 1. The summed E-state index contributed by atoms with van der Waals surface area (Å²) in [6.45, 7) is 3.79. The lowest BCUT2D eigenvalue weighted by Crippen LogP contribution is -2.02. The largest absolute Gasteiger partial charge is 0.291 e. The summed E-state index contributed by atoms with van der Waals surface area (Å²) in [6.07, 6.45) is 5.17. The van der Waals surface area contributed by atoms with Crippen LogP contribution in [-0.2, 0) is 0 Å². The predicted octanol–water partition coefficient (Wildman–Crippen LogP) is 1.90. The van der Waals surface area contributed by atoms with Gasteiger partial charge in [0.15, 0.2) is 5.78 Å². The standard InChI is InChI=1S/C11H11NO/c1-4-5-11(13)10-7-8(2)6-9(3)12-10/h1,6-7H,5H2,2-3H3. The summed E-state index contributed by atoms with van der Waals surface area (Å²) in [4.78, 5) is 15.5. The first kappa shape index (κ1) is 9.47. The molecule has 0 radical (unpaired) electrons. The quantitative estimate of drug-likeness (QED) is 0.505. The molecule has 1 aromatic heterocycles. The number of pyridine rings is 1. The Labute approximate surface area is 78.0 Å². The van der Waals surface area contributed by atoms with Gasteiger partial charge in [-0.15, -0.1) is 6.42 Å². The molecule has 0 aliphatic rings. The highest BCUT2D eigenvalue weighted by molar-refractivity contribution is 5.95. The van der Waals surface area contributed by atoms with Gasteiger partial charge in [0.05, 0.1) is 6.42 Å². The second kappa shape index (κ2) is 3.86. The van der Waals surface area contributed by atoms with Gasteiger partial charge in [0.2, 0.25) is 0 Å². The number of hydrogen-bond donors (Lipinski definition) is 0. The lowest BCUT2D eigenvalue weighted by molar-refractivity contribution is 0.0993. The van der Waals surface area contributed by atoms with Gasteiger partial charge >= 0.3 is 0 Å². The van der Waals surface area contributed by atoms with Crippen LogP contribution in [0.3, 0.4) is 0 Å². The van der Waals surface area contributed by atoms with Gasteiger partial charge in [0, 0.05) is 5.69 Å². The fourth-order valence-corrected chi connectivity index (χ4v) is 1.17. The van der Waals surface area contributed by atoms with Crippen molar-refractivity contribution in [3.63, 3.8) is 0 Å². The van der Waals surface area contributed by atoms with Crippen molar-refractivity contribution in [1.29, 1.82) is 0 Å². The molecule has 0 amide bonds. The zero-order valence-corrected chi connectivity index (χ0v) is 7.79. The van der Waals surface area contributed by atoms with E-state index in [0.717, 1.165) is 11.3 Å². The van der Waals surface area contributed by atoms with Crippen molar-refractivity contribution in [2.45, 2.75) is 20.3 Å². The maximum absolute atomic E-state index is 11.3. The van der Waals surface area contributed by atoms with Crippen LogP contribution in [0, 0.1) is 26.2 Å². The molecule has 1 heterocycles. The van der Waals surface area contributed by atoms with Crippen molar-refractivity contribution < 1.29 is 4.79 Å². The molecule has 0 saturated heterocycles. The molecule has 0 unspecified atom stereocenters. The van der Waals surface area contributed by atoms with Gasteiger partial charge in [-0.25, -0.2) is 4.98 Å². The fourth-order valence-electron chi connectivity index (χ4n) is 1.17. The zero-order valence-electron chi connectivity index (χ0n) is 7.79. The van der Waals surface area contributed by atoms with Crippen LogP contribution in [0.15, 0.2) is 12.1 Å². The molecule has 0 bridgehead atoms. The van der Waals surface area contributed by atoms with Crippen LogP contribution < -0.4 is 0 Å². The first-order chi connectivity index (χ1) is 6.13. The van der Waals surface area contributed by atoms with Crippen molar-refractivity contribution >= 4 is 5.78 Å². The molecular weight excluding hydrogens is 162 g/mol. The highest BCUT2D eigenvalue weighted by atomic mass is 16.1. The molecule has 1 rings (SSSR count). The molecule has 0 aromatic carbocycles. The van der Waals surface area contributed by atoms with Crippen LogP contribution in [0.25, 0.3) is 0 Å². The summed E-state index contributed by atoms with van der Waals surface area (Å²) in [5, 5.41) is 0. The van der Waals surface area contributed by atoms with Gasteiger partial charge in [0.1, 0.15) is 5.69 Å². The maximum Gasteiger partial charge on any atom is 0.193 e. The number of carbonyl (C=O) groups is 1. The van der Waals surface area contributed by atoms with Crippen LogP contribution in [0.4, 0.5) is 0 Å². The predicted molar refractivity (Wildman–Crippen MR) is 51.5 cm³/mol. The average molecular weight is 173 g/mol. The van der Waals surface area contributed by atoms with Crippen LogP contribution in [0.5, 0.6) is 0 Å². The van der Waals surface area contributed by atoms with E-state index in [1.54, 1.807) is 6.07 Å². The van der Waals surface area contributed by atoms with E-state index in [-0.39, 0.29) is 12.2 Å². The third kappa shape index (κ3) is 2.41. The van der Waals surface area contributed by atoms with E-state index in [0.29, 0.717) is 5.69 Å². The Kier molecular flexibility index (Phi) is 2.81. The topological polar surface area (TPSA) is 30.0 Å². The number of Topliss-reactive ketones (excluding diaryl/α,β-unsaturated/α-hetero) is 1. The number of aryl methyl sites for hydroxylation is 2. The minimum Gasteiger partial charge on any atom is -0.291 e. The van der Waals surface area contributed by atoms with Crippen LogP contribution in [0.2, 0.25) is 0 Å². The van der Waals surface area contributed by atoms with E-state index in [1.807, 2.05) is 19.9 Å². The van der Waals surface area contributed by atoms with E-state index in [1.165, 1.54) is 0 Å². The molecule has 0 aliphatic carbocycles. The zero-order chi connectivity index (χ0) is 9.84. The molecule has 66 valence electrons. The van der Waals surface area contributed by atoms with Crippen molar-refractivity contribution in [2.24, 2.45) is 0 Å². The Bertz CT molecular complexity index is 354. The van der Waals surface area contributed by atoms with E-state index in [4.69, 9.17) is 6.42 Å². The van der Waals surface area contributed by atoms with E-state index < -0.39 is 0 Å². The first-order valence-corrected chi connectivity index (χ1v) is 4.05. The minimum atomic E-state index is -0.0886. The molecule has 0 atom stereocenters. The van der Waals surface area contributed by atoms with Crippen molar-refractivity contribution in [3.8, 4) is 12.3 Å². The highest BCUT2D eigenvalue weighted by Crippen LogP contribution is 2.06. The second-order valence-corrected chi connectivity index (χ2v) is 2.98. The Hall–Kier alpha value is -1.62. The third-order valence-corrected chi connectivity index (χ3v) is 1.65. The molecule has 13 heavy (non-hydrogen) atoms. The lowest BCUT2D eigenvalue weighted by atomic mass is 10.1. The highest BCUT2D eigenvalue weighted by Gasteiger charge is 2.06. The van der Waals surface area contributed by atoms with E-state index in [2.05, 4.69) is 10.9 Å². The van der Waals surface area contributed by atoms with E-state index in [9.17, 15) is 4.79 Å². The van der Waals surface area contributed by atoms with E-state index >= 15 is 0 Å². The molecule has 1 aromatic rings. The molecule has 2 heteroatoms. The average Bonchev–Trinajstić information content (AvgIpc) is 2.03. The molecule has 0 saturated carbocycles. The number of hydrogen-bond acceptors (Lipinski definition) is 2. The molecular formula is C11H11NO. The lowest BCUT2D eigenvalue weighted by Gasteiger charge is -2.00. The summed E-state index contributed by atoms with van der Waals surface area (Å²) in [7, 11) is 0. The number of carbonyl (C=O) groups excluding carboxylic acids is 1. The van der Waals surface area contributed by atoms with Gasteiger partial charge in [-0.1, -0.05) is 5.92 Å². The Morgan fingerprint density at radius 1 is 1.54 bits per heavy atom. The number of aromatic nitrogens is 1. The maximum atomic E-state index is 11.3. The SMILES string of the molecule is C#CCC(=O)c1cc(C)cc(C)n1. The first-order valence-electron chi connectivity index (χ1n) is 4.05. The van der Waals surface area contributed by atoms with Gasteiger partial charge in [-0.3, -0.25) is 4.79 Å². The number of nitrogens with zero attached hydrogens (tertiary/aromatic N) is 1.